The second-order valence-electron chi connectivity index (χ2n) is 8.70. The fraction of sp³-hybridized carbons (Fsp3) is 0.417. The van der Waals surface area contributed by atoms with Crippen LogP contribution in [0, 0.1) is 5.82 Å². The van der Waals surface area contributed by atoms with Gasteiger partial charge in [-0.2, -0.15) is 0 Å². The number of nitrogens with one attached hydrogen (secondary N) is 1. The van der Waals surface area contributed by atoms with Gasteiger partial charge >= 0.3 is 6.03 Å². The molecule has 0 spiro atoms. The first-order chi connectivity index (χ1) is 15.5. The number of benzene rings is 2. The molecule has 3 fully saturated rings. The molecule has 3 saturated heterocycles. The van der Waals surface area contributed by atoms with Gasteiger partial charge in [-0.3, -0.25) is 24.8 Å². The van der Waals surface area contributed by atoms with Crippen molar-refractivity contribution in [2.24, 2.45) is 0 Å². The van der Waals surface area contributed by atoms with Crippen molar-refractivity contribution in [2.75, 3.05) is 26.7 Å². The van der Waals surface area contributed by atoms with Crippen LogP contribution in [0.4, 0.5) is 9.18 Å². The molecular weight excluding hydrogens is 409 g/mol. The molecule has 8 heteroatoms. The molecule has 3 amide bonds. The van der Waals surface area contributed by atoms with E-state index >= 15 is 0 Å². The van der Waals surface area contributed by atoms with E-state index in [1.165, 1.54) is 16.5 Å². The largest absolute Gasteiger partial charge is 0.328 e. The lowest BCUT2D eigenvalue weighted by Gasteiger charge is -2.43. The molecule has 5 rings (SSSR count). The summed E-state index contributed by atoms with van der Waals surface area (Å²) in [5.74, 6) is -0.674. The van der Waals surface area contributed by atoms with Crippen LogP contribution in [0.25, 0.3) is 0 Å². The monoisotopic (exact) mass is 437 g/mol. The molecule has 2 aromatic rings. The van der Waals surface area contributed by atoms with Crippen LogP contribution in [0.15, 0.2) is 54.6 Å². The number of carbonyl (C=O) groups excluding carboxylic acids is 2. The van der Waals surface area contributed by atoms with Crippen LogP contribution < -0.4 is 5.32 Å². The first-order valence-corrected chi connectivity index (χ1v) is 11.2. The van der Waals surface area contributed by atoms with Crippen molar-refractivity contribution in [3.8, 4) is 0 Å². The van der Waals surface area contributed by atoms with Crippen LogP contribution in [-0.2, 0) is 17.8 Å². The number of hydrogen-bond donors (Lipinski definition) is 1. The maximum Gasteiger partial charge on any atom is 0.328 e. The highest BCUT2D eigenvalue weighted by molar-refractivity contribution is 6.00. The van der Waals surface area contributed by atoms with E-state index < -0.39 is 24.1 Å². The number of urea groups is 1. The van der Waals surface area contributed by atoms with E-state index in [1.54, 1.807) is 30.1 Å². The minimum absolute atomic E-state index is 0.0614. The Bertz CT molecular complexity index is 1000. The Balaban J connectivity index is 1.35. The summed E-state index contributed by atoms with van der Waals surface area (Å²) in [7, 11) is 1.71. The lowest BCUT2D eigenvalue weighted by atomic mass is 10.1. The van der Waals surface area contributed by atoms with Gasteiger partial charge in [0, 0.05) is 32.2 Å². The average Bonchev–Trinajstić information content (AvgIpc) is 3.21. The average molecular weight is 438 g/mol. The molecule has 3 aliphatic rings. The molecule has 3 heterocycles. The molecule has 0 aromatic heterocycles. The number of fused-ring (bicyclic) bond motifs is 3. The van der Waals surface area contributed by atoms with E-state index in [-0.39, 0.29) is 18.7 Å². The van der Waals surface area contributed by atoms with E-state index in [9.17, 15) is 14.0 Å². The van der Waals surface area contributed by atoms with Crippen LogP contribution in [-0.4, -0.2) is 76.7 Å². The first kappa shape index (κ1) is 21.1. The highest BCUT2D eigenvalue weighted by Gasteiger charge is 2.55. The van der Waals surface area contributed by atoms with Crippen molar-refractivity contribution in [2.45, 2.75) is 37.9 Å². The number of hydrogen-bond acceptors (Lipinski definition) is 5. The summed E-state index contributed by atoms with van der Waals surface area (Å²) >= 11 is 0. The van der Waals surface area contributed by atoms with Crippen LogP contribution >= 0.6 is 0 Å². The fourth-order valence-electron chi connectivity index (χ4n) is 5.09. The fourth-order valence-corrected chi connectivity index (χ4v) is 5.09. The third-order valence-corrected chi connectivity index (χ3v) is 6.78. The number of carbonyl (C=O) groups is 2. The summed E-state index contributed by atoms with van der Waals surface area (Å²) in [6.07, 6.45) is 1.38. The highest BCUT2D eigenvalue weighted by Crippen LogP contribution is 2.31. The maximum atomic E-state index is 14.2. The molecule has 1 N–H and O–H groups in total. The van der Waals surface area contributed by atoms with Gasteiger partial charge in [0.15, 0.2) is 0 Å². The number of amides is 3. The minimum atomic E-state index is -0.478. The van der Waals surface area contributed by atoms with Gasteiger partial charge in [-0.15, -0.1) is 0 Å². The predicted molar refractivity (Wildman–Crippen MR) is 118 cm³/mol. The normalized spacial score (nSPS) is 26.4. The zero-order valence-corrected chi connectivity index (χ0v) is 18.2. The molecule has 32 heavy (non-hydrogen) atoms. The summed E-state index contributed by atoms with van der Waals surface area (Å²) in [6.45, 7) is 2.52. The van der Waals surface area contributed by atoms with Gasteiger partial charge < -0.3 is 4.90 Å². The maximum absolute atomic E-state index is 14.2. The molecule has 0 bridgehead atoms. The Morgan fingerprint density at radius 2 is 1.78 bits per heavy atom. The second-order valence-corrected chi connectivity index (χ2v) is 8.70. The lowest BCUT2D eigenvalue weighted by Crippen LogP contribution is -2.66. The summed E-state index contributed by atoms with van der Waals surface area (Å²) in [6, 6.07) is 15.8. The van der Waals surface area contributed by atoms with Gasteiger partial charge in [0.05, 0.1) is 6.54 Å². The van der Waals surface area contributed by atoms with E-state index in [0.717, 1.165) is 32.5 Å². The quantitative estimate of drug-likeness (QED) is 0.776. The van der Waals surface area contributed by atoms with Crippen LogP contribution in [0.2, 0.25) is 0 Å². The van der Waals surface area contributed by atoms with Crippen molar-refractivity contribution in [1.29, 1.82) is 0 Å². The van der Waals surface area contributed by atoms with E-state index in [2.05, 4.69) is 27.2 Å². The van der Waals surface area contributed by atoms with Gasteiger partial charge in [-0.1, -0.05) is 48.5 Å². The Labute approximate surface area is 187 Å². The minimum Gasteiger partial charge on any atom is -0.310 e. The Kier molecular flexibility index (Phi) is 5.67. The Hall–Kier alpha value is -2.81. The number of rotatable bonds is 5. The lowest BCUT2D eigenvalue weighted by molar-refractivity contribution is -0.140. The number of halogens is 1. The van der Waals surface area contributed by atoms with E-state index in [4.69, 9.17) is 0 Å². The van der Waals surface area contributed by atoms with Crippen molar-refractivity contribution < 1.29 is 14.0 Å². The summed E-state index contributed by atoms with van der Waals surface area (Å²) in [5, 5.41) is 3.52. The van der Waals surface area contributed by atoms with Gasteiger partial charge in [0.2, 0.25) is 0 Å². The predicted octanol–water partition coefficient (Wildman–Crippen LogP) is 2.05. The highest BCUT2D eigenvalue weighted by atomic mass is 19.1. The second kappa shape index (κ2) is 8.61. The Morgan fingerprint density at radius 1 is 1.03 bits per heavy atom. The zero-order valence-electron chi connectivity index (χ0n) is 18.2. The molecule has 0 aliphatic carbocycles. The molecule has 3 unspecified atom stereocenters. The SMILES string of the molecule is CN1C(=O)N(Cc2ccccc2F)C(=O)C2C1NC1N(CCc3ccccc3)CCCN21. The van der Waals surface area contributed by atoms with Crippen LogP contribution in [0.1, 0.15) is 17.5 Å². The molecule has 3 aliphatic heterocycles. The Morgan fingerprint density at radius 3 is 2.56 bits per heavy atom. The molecule has 168 valence electrons. The van der Waals surface area contributed by atoms with Gasteiger partial charge in [-0.05, 0) is 24.5 Å². The van der Waals surface area contributed by atoms with Crippen LogP contribution in [0.5, 0.6) is 0 Å². The van der Waals surface area contributed by atoms with Gasteiger partial charge in [0.1, 0.15) is 24.3 Å². The third-order valence-electron chi connectivity index (χ3n) is 6.78. The molecule has 3 atom stereocenters. The number of nitrogens with zero attached hydrogens (tertiary/aromatic N) is 4. The molecule has 0 radical (unpaired) electrons. The number of likely N-dealkylation sites (N-methyl/N-ethyl adjacent to an activating group) is 1. The molecular formula is C24H28FN5O2. The van der Waals surface area contributed by atoms with Crippen LogP contribution in [0.3, 0.4) is 0 Å². The van der Waals surface area contributed by atoms with Gasteiger partial charge in [-0.25, -0.2) is 9.18 Å². The van der Waals surface area contributed by atoms with Gasteiger partial charge in [0.25, 0.3) is 5.91 Å². The van der Waals surface area contributed by atoms with Crippen molar-refractivity contribution in [1.82, 2.24) is 24.9 Å². The van der Waals surface area contributed by atoms with E-state index in [0.29, 0.717) is 5.56 Å². The zero-order chi connectivity index (χ0) is 22.2. The summed E-state index contributed by atoms with van der Waals surface area (Å²) in [4.78, 5) is 33.8. The third kappa shape index (κ3) is 3.68. The molecule has 0 saturated carbocycles. The van der Waals surface area contributed by atoms with Crippen molar-refractivity contribution in [3.05, 3.63) is 71.5 Å². The first-order valence-electron chi connectivity index (χ1n) is 11.2. The molecule has 7 nitrogen and oxygen atoms in total. The summed E-state index contributed by atoms with van der Waals surface area (Å²) in [5.41, 5.74) is 1.62. The number of imide groups is 1. The van der Waals surface area contributed by atoms with E-state index in [1.807, 2.05) is 18.2 Å². The summed E-state index contributed by atoms with van der Waals surface area (Å²) < 4.78 is 14.2. The standard InChI is InChI=1S/C24H28FN5O2/c1-27-21-20(22(31)30(24(27)32)16-18-10-5-6-11-19(18)25)29-14-7-13-28(23(29)26-21)15-12-17-8-3-2-4-9-17/h2-6,8-11,20-21,23,26H,7,12-16H2,1H3. The smallest absolute Gasteiger partial charge is 0.310 e. The topological polar surface area (TPSA) is 59.1 Å². The van der Waals surface area contributed by atoms with Crippen molar-refractivity contribution in [3.63, 3.8) is 0 Å². The van der Waals surface area contributed by atoms with Crippen molar-refractivity contribution >= 4 is 11.9 Å². The molecule has 2 aromatic carbocycles.